The van der Waals surface area contributed by atoms with Crippen molar-refractivity contribution >= 4 is 21.7 Å². The maximum atomic E-state index is 12.2. The molecule has 1 atom stereocenters. The summed E-state index contributed by atoms with van der Waals surface area (Å²) in [4.78, 5) is 24.9. The van der Waals surface area contributed by atoms with Crippen molar-refractivity contribution in [2.75, 3.05) is 32.6 Å². The van der Waals surface area contributed by atoms with Crippen LogP contribution in [0.15, 0.2) is 24.3 Å². The zero-order valence-electron chi connectivity index (χ0n) is 14.1. The lowest BCUT2D eigenvalue weighted by Crippen LogP contribution is -2.42. The molecule has 1 aliphatic rings. The fourth-order valence-corrected chi connectivity index (χ4v) is 4.12. The molecule has 138 valence electrons. The molecule has 2 rings (SSSR count). The highest BCUT2D eigenvalue weighted by molar-refractivity contribution is 7.92. The van der Waals surface area contributed by atoms with Crippen molar-refractivity contribution in [1.82, 2.24) is 4.90 Å². The molecule has 1 aliphatic heterocycles. The van der Waals surface area contributed by atoms with Gasteiger partial charge in [0, 0.05) is 6.54 Å². The molecule has 0 saturated carbocycles. The zero-order chi connectivity index (χ0) is 18.4. The van der Waals surface area contributed by atoms with Crippen LogP contribution in [0.3, 0.4) is 0 Å². The lowest BCUT2D eigenvalue weighted by Gasteiger charge is -2.23. The van der Waals surface area contributed by atoms with E-state index in [1.54, 1.807) is 31.2 Å². The minimum Gasteiger partial charge on any atom is -0.493 e. The van der Waals surface area contributed by atoms with Crippen molar-refractivity contribution in [2.45, 2.75) is 18.7 Å². The third kappa shape index (κ3) is 4.62. The second-order valence-corrected chi connectivity index (χ2v) is 7.63. The lowest BCUT2D eigenvalue weighted by atomic mass is 10.3. The number of para-hydroxylation sites is 2. The van der Waals surface area contributed by atoms with Crippen LogP contribution in [-0.4, -0.2) is 63.2 Å². The Balaban J connectivity index is 2.09. The Bertz CT molecular complexity index is 732. The first kappa shape index (κ1) is 19.0. The summed E-state index contributed by atoms with van der Waals surface area (Å²) < 4.78 is 39.9. The second-order valence-electron chi connectivity index (χ2n) is 5.35. The van der Waals surface area contributed by atoms with Crippen molar-refractivity contribution < 1.29 is 32.2 Å². The highest BCUT2D eigenvalue weighted by Gasteiger charge is 2.42. The number of amides is 1. The standard InChI is InChI=1S/C16H21NO7S/c1-3-23-16(19)10-14(18)17-8-9-25(20,21)15(17)11-24-13-7-5-4-6-12(13)22-2/h4-7,15H,3,8-11H2,1-2H3. The second kappa shape index (κ2) is 8.19. The molecule has 0 aromatic heterocycles. The van der Waals surface area contributed by atoms with Crippen LogP contribution in [-0.2, 0) is 24.2 Å². The van der Waals surface area contributed by atoms with E-state index in [9.17, 15) is 18.0 Å². The van der Waals surface area contributed by atoms with Gasteiger partial charge < -0.3 is 19.1 Å². The lowest BCUT2D eigenvalue weighted by molar-refractivity contribution is -0.148. The van der Waals surface area contributed by atoms with Gasteiger partial charge in [-0.2, -0.15) is 0 Å². The summed E-state index contributed by atoms with van der Waals surface area (Å²) in [5.74, 6) is -0.594. The molecule has 1 aromatic carbocycles. The summed E-state index contributed by atoms with van der Waals surface area (Å²) in [5, 5.41) is -1.14. The van der Waals surface area contributed by atoms with Crippen LogP contribution in [0.5, 0.6) is 11.5 Å². The van der Waals surface area contributed by atoms with Crippen molar-refractivity contribution in [3.63, 3.8) is 0 Å². The number of ether oxygens (including phenoxy) is 3. The quantitative estimate of drug-likeness (QED) is 0.511. The van der Waals surface area contributed by atoms with Crippen molar-refractivity contribution in [2.24, 2.45) is 0 Å². The molecule has 1 unspecified atom stereocenters. The first-order valence-electron chi connectivity index (χ1n) is 7.81. The van der Waals surface area contributed by atoms with Crippen LogP contribution in [0, 0.1) is 0 Å². The van der Waals surface area contributed by atoms with E-state index in [0.29, 0.717) is 11.5 Å². The molecule has 9 heteroatoms. The molecule has 0 aliphatic carbocycles. The number of methoxy groups -OCH3 is 1. The number of benzene rings is 1. The summed E-state index contributed by atoms with van der Waals surface area (Å²) >= 11 is 0. The smallest absolute Gasteiger partial charge is 0.315 e. The number of esters is 1. The summed E-state index contributed by atoms with van der Waals surface area (Å²) in [6.07, 6.45) is -0.492. The van der Waals surface area contributed by atoms with E-state index in [1.165, 1.54) is 7.11 Å². The van der Waals surface area contributed by atoms with Crippen LogP contribution < -0.4 is 9.47 Å². The van der Waals surface area contributed by atoms with E-state index in [2.05, 4.69) is 0 Å². The van der Waals surface area contributed by atoms with Gasteiger partial charge in [-0.15, -0.1) is 0 Å². The molecule has 1 aromatic rings. The third-order valence-corrected chi connectivity index (χ3v) is 5.72. The van der Waals surface area contributed by atoms with Crippen LogP contribution in [0.25, 0.3) is 0 Å². The zero-order valence-corrected chi connectivity index (χ0v) is 15.0. The average Bonchev–Trinajstić information content (AvgIpc) is 2.88. The van der Waals surface area contributed by atoms with Gasteiger partial charge >= 0.3 is 5.97 Å². The molecule has 1 heterocycles. The van der Waals surface area contributed by atoms with Crippen molar-refractivity contribution in [1.29, 1.82) is 0 Å². The van der Waals surface area contributed by atoms with Gasteiger partial charge in [-0.25, -0.2) is 8.42 Å². The van der Waals surface area contributed by atoms with Gasteiger partial charge in [-0.05, 0) is 19.1 Å². The molecular formula is C16H21NO7S. The number of rotatable bonds is 7. The van der Waals surface area contributed by atoms with Gasteiger partial charge in [0.25, 0.3) is 0 Å². The van der Waals surface area contributed by atoms with Crippen molar-refractivity contribution in [3.05, 3.63) is 24.3 Å². The molecule has 8 nitrogen and oxygen atoms in total. The summed E-state index contributed by atoms with van der Waals surface area (Å²) in [6, 6.07) is 6.81. The molecular weight excluding hydrogens is 350 g/mol. The Kier molecular flexibility index (Phi) is 6.24. The van der Waals surface area contributed by atoms with E-state index in [-0.39, 0.29) is 25.5 Å². The van der Waals surface area contributed by atoms with Crippen LogP contribution in [0.4, 0.5) is 0 Å². The molecule has 1 amide bonds. The monoisotopic (exact) mass is 371 g/mol. The summed E-state index contributed by atoms with van der Waals surface area (Å²) in [5.41, 5.74) is 0. The first-order valence-corrected chi connectivity index (χ1v) is 9.53. The molecule has 0 bridgehead atoms. The van der Waals surface area contributed by atoms with Crippen LogP contribution >= 0.6 is 0 Å². The van der Waals surface area contributed by atoms with Crippen molar-refractivity contribution in [3.8, 4) is 11.5 Å². The third-order valence-electron chi connectivity index (χ3n) is 3.75. The average molecular weight is 371 g/mol. The number of sulfone groups is 1. The number of carbonyl (C=O) groups excluding carboxylic acids is 2. The normalized spacial score (nSPS) is 18.6. The minimum absolute atomic E-state index is 0.0283. The topological polar surface area (TPSA) is 99.2 Å². The van der Waals surface area contributed by atoms with Gasteiger partial charge in [-0.3, -0.25) is 9.59 Å². The highest BCUT2D eigenvalue weighted by atomic mass is 32.2. The molecule has 0 N–H and O–H groups in total. The Morgan fingerprint density at radius 1 is 1.24 bits per heavy atom. The first-order chi connectivity index (χ1) is 11.9. The molecule has 1 saturated heterocycles. The van der Waals surface area contributed by atoms with Gasteiger partial charge in [0.1, 0.15) is 13.0 Å². The maximum absolute atomic E-state index is 12.2. The maximum Gasteiger partial charge on any atom is 0.315 e. The Morgan fingerprint density at radius 3 is 2.56 bits per heavy atom. The summed E-state index contributed by atoms with van der Waals surface area (Å²) in [6.45, 7) is 1.58. The fourth-order valence-electron chi connectivity index (χ4n) is 2.51. The van der Waals surface area contributed by atoms with Gasteiger partial charge in [0.15, 0.2) is 26.7 Å². The van der Waals surface area contributed by atoms with Gasteiger partial charge in [0.2, 0.25) is 5.91 Å². The summed E-state index contributed by atoms with van der Waals surface area (Å²) in [7, 11) is -2.06. The van der Waals surface area contributed by atoms with E-state index in [4.69, 9.17) is 14.2 Å². The Morgan fingerprint density at radius 2 is 1.92 bits per heavy atom. The minimum atomic E-state index is -3.53. The number of nitrogens with zero attached hydrogens (tertiary/aromatic N) is 1. The number of carbonyl (C=O) groups is 2. The van der Waals surface area contributed by atoms with E-state index in [1.807, 2.05) is 0 Å². The molecule has 0 spiro atoms. The highest BCUT2D eigenvalue weighted by Crippen LogP contribution is 2.27. The predicted molar refractivity (Wildman–Crippen MR) is 89.0 cm³/mol. The largest absolute Gasteiger partial charge is 0.493 e. The molecule has 1 fully saturated rings. The van der Waals surface area contributed by atoms with E-state index >= 15 is 0 Å². The predicted octanol–water partition coefficient (Wildman–Crippen LogP) is 0.610. The fraction of sp³-hybridized carbons (Fsp3) is 0.500. The molecule has 25 heavy (non-hydrogen) atoms. The van der Waals surface area contributed by atoms with Gasteiger partial charge in [0.05, 0.1) is 19.5 Å². The molecule has 0 radical (unpaired) electrons. The van der Waals surface area contributed by atoms with E-state index in [0.717, 1.165) is 4.90 Å². The van der Waals surface area contributed by atoms with Crippen LogP contribution in [0.2, 0.25) is 0 Å². The van der Waals surface area contributed by atoms with Crippen LogP contribution in [0.1, 0.15) is 13.3 Å². The number of hydrogen-bond donors (Lipinski definition) is 0. The van der Waals surface area contributed by atoms with E-state index < -0.39 is 33.5 Å². The Hall–Kier alpha value is -2.29. The SMILES string of the molecule is CCOC(=O)CC(=O)N1CCS(=O)(=O)C1COc1ccccc1OC. The van der Waals surface area contributed by atoms with Gasteiger partial charge in [-0.1, -0.05) is 12.1 Å². The number of hydrogen-bond acceptors (Lipinski definition) is 7. The Labute approximate surface area is 146 Å².